The molecule has 4 heteroatoms. The zero-order chi connectivity index (χ0) is 26.7. The highest BCUT2D eigenvalue weighted by Gasteiger charge is 2.11. The van der Waals surface area contributed by atoms with Crippen molar-refractivity contribution in [2.75, 3.05) is 0 Å². The Morgan fingerprint density at radius 1 is 0.389 bits per heavy atom. The fourth-order valence-corrected chi connectivity index (χ4v) is 5.24. The lowest BCUT2D eigenvalue weighted by Gasteiger charge is -2.19. The van der Waals surface area contributed by atoms with Crippen LogP contribution >= 0.6 is 0 Å². The van der Waals surface area contributed by atoms with E-state index in [2.05, 4.69) is 13.8 Å². The highest BCUT2D eigenvalue weighted by Crippen LogP contribution is 2.24. The third-order valence-corrected chi connectivity index (χ3v) is 8.07. The molecule has 0 saturated carbocycles. The zero-order valence-corrected chi connectivity index (χ0v) is 24.3. The minimum Gasteiger partial charge on any atom is -0.481 e. The molecule has 0 aromatic rings. The van der Waals surface area contributed by atoms with Crippen LogP contribution in [0.1, 0.15) is 181 Å². The highest BCUT2D eigenvalue weighted by atomic mass is 16.4. The molecule has 0 spiro atoms. The number of hydrogen-bond donors (Lipinski definition) is 2. The summed E-state index contributed by atoms with van der Waals surface area (Å²) in [5.74, 6) is 0.405. The Bertz CT molecular complexity index is 491. The number of rotatable bonds is 29. The molecule has 4 nitrogen and oxygen atoms in total. The van der Waals surface area contributed by atoms with E-state index in [1.165, 1.54) is 128 Å². The maximum absolute atomic E-state index is 10.5. The first-order valence-electron chi connectivity index (χ1n) is 15.9. The summed E-state index contributed by atoms with van der Waals surface area (Å²) in [5, 5.41) is 17.3. The van der Waals surface area contributed by atoms with Crippen LogP contribution in [0.25, 0.3) is 0 Å². The minimum absolute atomic E-state index is 0.333. The Morgan fingerprint density at radius 3 is 0.806 bits per heavy atom. The number of aliphatic carboxylic acids is 2. The van der Waals surface area contributed by atoms with Gasteiger partial charge in [-0.25, -0.2) is 0 Å². The molecule has 0 aliphatic carbocycles. The first kappa shape index (κ1) is 34.9. The van der Waals surface area contributed by atoms with Gasteiger partial charge in [-0.1, -0.05) is 155 Å². The summed E-state index contributed by atoms with van der Waals surface area (Å²) in [7, 11) is 0. The molecule has 2 N–H and O–H groups in total. The second-order valence-electron chi connectivity index (χ2n) is 11.6. The molecule has 2 atom stereocenters. The van der Waals surface area contributed by atoms with Gasteiger partial charge in [-0.05, 0) is 24.7 Å². The molecule has 0 bridgehead atoms. The Hall–Kier alpha value is -1.06. The van der Waals surface area contributed by atoms with Crippen LogP contribution in [-0.2, 0) is 9.59 Å². The van der Waals surface area contributed by atoms with Crippen molar-refractivity contribution in [2.45, 2.75) is 181 Å². The largest absolute Gasteiger partial charge is 0.481 e. The molecule has 0 radical (unpaired) electrons. The van der Waals surface area contributed by atoms with E-state index < -0.39 is 11.9 Å². The average Bonchev–Trinajstić information content (AvgIpc) is 2.84. The molecule has 0 saturated heterocycles. The van der Waals surface area contributed by atoms with E-state index in [1.54, 1.807) is 0 Å². The van der Waals surface area contributed by atoms with Crippen molar-refractivity contribution < 1.29 is 19.8 Å². The first-order chi connectivity index (χ1) is 17.4. The van der Waals surface area contributed by atoms with Crippen LogP contribution in [0.5, 0.6) is 0 Å². The molecule has 0 aliphatic heterocycles. The van der Waals surface area contributed by atoms with Gasteiger partial charge in [0.25, 0.3) is 0 Å². The first-order valence-corrected chi connectivity index (χ1v) is 15.9. The maximum Gasteiger partial charge on any atom is 0.303 e. The van der Waals surface area contributed by atoms with Crippen molar-refractivity contribution in [1.29, 1.82) is 0 Å². The minimum atomic E-state index is -0.659. The van der Waals surface area contributed by atoms with Crippen molar-refractivity contribution in [3.8, 4) is 0 Å². The Morgan fingerprint density at radius 2 is 0.583 bits per heavy atom. The summed E-state index contributed by atoms with van der Waals surface area (Å²) in [6.07, 6.45) is 31.5. The molecule has 0 aliphatic rings. The standard InChI is InChI=1S/C32H62O4/c1-29(25-21-17-13-9-5-3-4-6-11-15-19-23-27-31(33)34)30(2)26-22-18-14-10-7-8-12-16-20-24-28-32(35)36/h29-30H,3-28H2,1-2H3,(H,33,34)(H,35,36). The second kappa shape index (κ2) is 27.0. The average molecular weight is 511 g/mol. The van der Waals surface area contributed by atoms with Gasteiger partial charge in [-0.15, -0.1) is 0 Å². The van der Waals surface area contributed by atoms with Gasteiger partial charge in [0.1, 0.15) is 0 Å². The lowest BCUT2D eigenvalue weighted by atomic mass is 9.86. The number of hydrogen-bond acceptors (Lipinski definition) is 2. The number of unbranched alkanes of at least 4 members (excludes halogenated alkanes) is 20. The Kier molecular flexibility index (Phi) is 26.2. The van der Waals surface area contributed by atoms with Crippen LogP contribution in [0.3, 0.4) is 0 Å². The monoisotopic (exact) mass is 510 g/mol. The van der Waals surface area contributed by atoms with E-state index in [9.17, 15) is 9.59 Å². The van der Waals surface area contributed by atoms with Crippen LogP contribution in [-0.4, -0.2) is 22.2 Å². The highest BCUT2D eigenvalue weighted by molar-refractivity contribution is 5.66. The van der Waals surface area contributed by atoms with Crippen molar-refractivity contribution in [1.82, 2.24) is 0 Å². The van der Waals surface area contributed by atoms with Crippen molar-refractivity contribution in [3.63, 3.8) is 0 Å². The smallest absolute Gasteiger partial charge is 0.303 e. The summed E-state index contributed by atoms with van der Waals surface area (Å²) >= 11 is 0. The van der Waals surface area contributed by atoms with Gasteiger partial charge in [0.2, 0.25) is 0 Å². The van der Waals surface area contributed by atoms with Crippen molar-refractivity contribution in [3.05, 3.63) is 0 Å². The molecular weight excluding hydrogens is 448 g/mol. The Balaban J connectivity index is 3.31. The van der Waals surface area contributed by atoms with E-state index in [0.29, 0.717) is 12.8 Å². The summed E-state index contributed by atoms with van der Waals surface area (Å²) in [5.41, 5.74) is 0. The molecule has 0 rings (SSSR count). The van der Waals surface area contributed by atoms with Gasteiger partial charge in [0.05, 0.1) is 0 Å². The fourth-order valence-electron chi connectivity index (χ4n) is 5.24. The third kappa shape index (κ3) is 27.5. The van der Waals surface area contributed by atoms with Crippen LogP contribution in [0, 0.1) is 11.8 Å². The molecule has 0 heterocycles. The van der Waals surface area contributed by atoms with E-state index >= 15 is 0 Å². The van der Waals surface area contributed by atoms with Gasteiger partial charge in [0, 0.05) is 12.8 Å². The van der Waals surface area contributed by atoms with Crippen LogP contribution in [0.2, 0.25) is 0 Å². The van der Waals surface area contributed by atoms with E-state index in [-0.39, 0.29) is 0 Å². The van der Waals surface area contributed by atoms with E-state index in [0.717, 1.165) is 37.5 Å². The lowest BCUT2D eigenvalue weighted by molar-refractivity contribution is -0.138. The summed E-state index contributed by atoms with van der Waals surface area (Å²) < 4.78 is 0. The van der Waals surface area contributed by atoms with E-state index in [4.69, 9.17) is 10.2 Å². The van der Waals surface area contributed by atoms with Crippen molar-refractivity contribution >= 4 is 11.9 Å². The second-order valence-corrected chi connectivity index (χ2v) is 11.6. The molecule has 0 fully saturated rings. The normalized spacial score (nSPS) is 13.1. The quantitative estimate of drug-likeness (QED) is 0.0981. The summed E-state index contributed by atoms with van der Waals surface area (Å²) in [6.45, 7) is 4.92. The molecule has 36 heavy (non-hydrogen) atoms. The number of carboxylic acids is 2. The van der Waals surface area contributed by atoms with Crippen LogP contribution in [0.15, 0.2) is 0 Å². The van der Waals surface area contributed by atoms with Crippen LogP contribution in [0.4, 0.5) is 0 Å². The third-order valence-electron chi connectivity index (χ3n) is 8.07. The van der Waals surface area contributed by atoms with Gasteiger partial charge in [0.15, 0.2) is 0 Å². The SMILES string of the molecule is CC(CCCCCCCCCCCCCCC(=O)O)C(C)CCCCCCCCCCCCC(=O)O. The summed E-state index contributed by atoms with van der Waals surface area (Å²) in [4.78, 5) is 21.0. The van der Waals surface area contributed by atoms with Crippen LogP contribution < -0.4 is 0 Å². The lowest BCUT2D eigenvalue weighted by Crippen LogP contribution is -2.08. The van der Waals surface area contributed by atoms with Crippen molar-refractivity contribution in [2.24, 2.45) is 11.8 Å². The molecular formula is C32H62O4. The molecule has 2 unspecified atom stereocenters. The Labute approximate surface area is 224 Å². The predicted octanol–water partition coefficient (Wildman–Crippen LogP) is 10.6. The molecule has 0 amide bonds. The molecule has 0 aromatic carbocycles. The van der Waals surface area contributed by atoms with Gasteiger partial charge in [-0.3, -0.25) is 9.59 Å². The predicted molar refractivity (Wildman–Crippen MR) is 154 cm³/mol. The topological polar surface area (TPSA) is 74.6 Å². The van der Waals surface area contributed by atoms with E-state index in [1.807, 2.05) is 0 Å². The fraction of sp³-hybridized carbons (Fsp3) is 0.938. The van der Waals surface area contributed by atoms with Gasteiger partial charge in [-0.2, -0.15) is 0 Å². The van der Waals surface area contributed by atoms with Gasteiger partial charge < -0.3 is 10.2 Å². The number of carboxylic acid groups (broad SMARTS) is 2. The molecule has 214 valence electrons. The van der Waals surface area contributed by atoms with Gasteiger partial charge >= 0.3 is 11.9 Å². The maximum atomic E-state index is 10.5. The zero-order valence-electron chi connectivity index (χ0n) is 24.3. The molecule has 0 aromatic heterocycles. The number of carbonyl (C=O) groups is 2. The summed E-state index contributed by atoms with van der Waals surface area (Å²) in [6, 6.07) is 0.